The highest BCUT2D eigenvalue weighted by molar-refractivity contribution is 5.82. The fourth-order valence-electron chi connectivity index (χ4n) is 3.01. The number of carbonyl (C=O) groups is 1. The third-order valence-corrected chi connectivity index (χ3v) is 4.37. The monoisotopic (exact) mass is 293 g/mol. The zero-order chi connectivity index (χ0) is 15.3. The summed E-state index contributed by atoms with van der Waals surface area (Å²) in [7, 11) is 0. The Morgan fingerprint density at radius 2 is 1.95 bits per heavy atom. The van der Waals surface area contributed by atoms with Gasteiger partial charge < -0.3 is 4.90 Å². The molecule has 1 aromatic carbocycles. The fourth-order valence-corrected chi connectivity index (χ4v) is 3.01. The van der Waals surface area contributed by atoms with Gasteiger partial charge in [0.05, 0.1) is 18.2 Å². The normalized spacial score (nSPS) is 20.6. The molecule has 1 aliphatic carbocycles. The summed E-state index contributed by atoms with van der Waals surface area (Å²) in [6.45, 7) is 2.44. The van der Waals surface area contributed by atoms with E-state index in [9.17, 15) is 4.79 Å². The van der Waals surface area contributed by atoms with Crippen LogP contribution in [-0.4, -0.2) is 31.6 Å². The second kappa shape index (κ2) is 4.67. The number of amides is 1. The summed E-state index contributed by atoms with van der Waals surface area (Å²) in [5.74, 6) is 1.67. The van der Waals surface area contributed by atoms with Crippen LogP contribution in [0.2, 0.25) is 0 Å². The Morgan fingerprint density at radius 3 is 2.59 bits per heavy atom. The van der Waals surface area contributed by atoms with Crippen molar-refractivity contribution >= 4 is 5.91 Å². The number of nitrogens with zero attached hydrogens (tertiary/aromatic N) is 5. The molecule has 22 heavy (non-hydrogen) atoms. The van der Waals surface area contributed by atoms with Gasteiger partial charge in [-0.15, -0.1) is 10.2 Å². The van der Waals surface area contributed by atoms with Gasteiger partial charge in [0, 0.05) is 11.6 Å². The van der Waals surface area contributed by atoms with E-state index < -0.39 is 0 Å². The lowest BCUT2D eigenvalue weighted by Crippen LogP contribution is -2.43. The van der Waals surface area contributed by atoms with E-state index in [-0.39, 0.29) is 11.9 Å². The number of hydrogen-bond acceptors (Lipinski definition) is 4. The Balaban J connectivity index is 1.75. The Labute approximate surface area is 128 Å². The van der Waals surface area contributed by atoms with E-state index in [2.05, 4.69) is 16.3 Å². The van der Waals surface area contributed by atoms with Crippen molar-refractivity contribution in [2.45, 2.75) is 38.4 Å². The Hall–Kier alpha value is -2.68. The molecule has 0 N–H and O–H groups in total. The largest absolute Gasteiger partial charge is 0.330 e. The first-order valence-electron chi connectivity index (χ1n) is 7.44. The van der Waals surface area contributed by atoms with Crippen molar-refractivity contribution in [3.63, 3.8) is 0 Å². The molecule has 6 heteroatoms. The summed E-state index contributed by atoms with van der Waals surface area (Å²) in [6, 6.07) is 9.40. The van der Waals surface area contributed by atoms with Crippen molar-refractivity contribution in [1.82, 2.24) is 19.7 Å². The molecule has 0 radical (unpaired) electrons. The molecule has 1 unspecified atom stereocenters. The molecule has 1 aliphatic heterocycles. The Kier molecular flexibility index (Phi) is 2.76. The van der Waals surface area contributed by atoms with Gasteiger partial charge in [0.1, 0.15) is 6.04 Å². The Morgan fingerprint density at radius 1 is 1.23 bits per heavy atom. The third kappa shape index (κ3) is 1.90. The number of hydrogen-bond donors (Lipinski definition) is 0. The number of rotatable bonds is 2. The van der Waals surface area contributed by atoms with E-state index in [1.165, 1.54) is 0 Å². The van der Waals surface area contributed by atoms with E-state index >= 15 is 0 Å². The van der Waals surface area contributed by atoms with Crippen molar-refractivity contribution in [3.8, 4) is 17.5 Å². The van der Waals surface area contributed by atoms with Crippen molar-refractivity contribution in [2.75, 3.05) is 0 Å². The number of carbonyl (C=O) groups excluding carboxylic acids is 1. The van der Waals surface area contributed by atoms with Crippen LogP contribution in [0.25, 0.3) is 11.4 Å². The fraction of sp³-hybridized carbons (Fsp3) is 0.375. The maximum absolute atomic E-state index is 12.6. The predicted molar refractivity (Wildman–Crippen MR) is 78.5 cm³/mol. The first-order chi connectivity index (χ1) is 10.7. The molecule has 1 fully saturated rings. The van der Waals surface area contributed by atoms with E-state index in [0.29, 0.717) is 24.0 Å². The number of fused-ring (bicyclic) bond motifs is 1. The molecule has 0 saturated heterocycles. The minimum Gasteiger partial charge on any atom is -0.330 e. The number of aromatic nitrogens is 3. The summed E-state index contributed by atoms with van der Waals surface area (Å²) in [5, 5.41) is 17.4. The molecule has 1 atom stereocenters. The third-order valence-electron chi connectivity index (χ3n) is 4.37. The summed E-state index contributed by atoms with van der Waals surface area (Å²) in [5.41, 5.74) is 1.48. The second-order valence-electron chi connectivity index (χ2n) is 5.87. The van der Waals surface area contributed by atoms with Crippen LogP contribution < -0.4 is 0 Å². The van der Waals surface area contributed by atoms with Gasteiger partial charge in [0.25, 0.3) is 0 Å². The molecule has 4 rings (SSSR count). The lowest BCUT2D eigenvalue weighted by atomic mass is 10.1. The topological polar surface area (TPSA) is 74.8 Å². The lowest BCUT2D eigenvalue weighted by molar-refractivity contribution is -0.137. The molecule has 2 aliphatic rings. The predicted octanol–water partition coefficient (Wildman–Crippen LogP) is 1.88. The Bertz CT molecular complexity index is 782. The minimum absolute atomic E-state index is 0.143. The molecular weight excluding hydrogens is 278 g/mol. The van der Waals surface area contributed by atoms with Crippen molar-refractivity contribution in [2.24, 2.45) is 0 Å². The average Bonchev–Trinajstić information content (AvgIpc) is 3.30. The molecular formula is C16H15N5O. The van der Waals surface area contributed by atoms with Gasteiger partial charge in [0.15, 0.2) is 11.6 Å². The van der Waals surface area contributed by atoms with Crippen LogP contribution in [0.1, 0.15) is 37.2 Å². The van der Waals surface area contributed by atoms with Crippen LogP contribution in [0.4, 0.5) is 0 Å². The van der Waals surface area contributed by atoms with Crippen LogP contribution in [0.3, 0.4) is 0 Å². The molecule has 0 spiro atoms. The SMILES string of the molecule is CC1C(=O)N(C2CC2)Cc2nnc(-c3ccc(C#N)cc3)n21. The van der Waals surface area contributed by atoms with Crippen molar-refractivity contribution < 1.29 is 4.79 Å². The molecule has 2 heterocycles. The molecule has 6 nitrogen and oxygen atoms in total. The van der Waals surface area contributed by atoms with Crippen molar-refractivity contribution in [3.05, 3.63) is 35.7 Å². The van der Waals surface area contributed by atoms with Gasteiger partial charge in [-0.2, -0.15) is 5.26 Å². The number of benzene rings is 1. The molecule has 1 saturated carbocycles. The van der Waals surface area contributed by atoms with Gasteiger partial charge >= 0.3 is 0 Å². The maximum atomic E-state index is 12.6. The van der Waals surface area contributed by atoms with Crippen LogP contribution in [0.5, 0.6) is 0 Å². The number of nitriles is 1. The van der Waals surface area contributed by atoms with E-state index in [1.807, 2.05) is 28.5 Å². The van der Waals surface area contributed by atoms with E-state index in [4.69, 9.17) is 5.26 Å². The second-order valence-corrected chi connectivity index (χ2v) is 5.87. The smallest absolute Gasteiger partial charge is 0.246 e. The lowest BCUT2D eigenvalue weighted by Gasteiger charge is -2.32. The van der Waals surface area contributed by atoms with Crippen LogP contribution in [0, 0.1) is 11.3 Å². The molecule has 2 aromatic rings. The standard InChI is InChI=1S/C16H15N5O/c1-10-16(22)20(13-6-7-13)9-14-18-19-15(21(10)14)12-4-2-11(8-17)3-5-12/h2-5,10,13H,6-7,9H2,1H3. The molecule has 1 aromatic heterocycles. The summed E-state index contributed by atoms with van der Waals surface area (Å²) in [4.78, 5) is 14.5. The quantitative estimate of drug-likeness (QED) is 0.847. The highest BCUT2D eigenvalue weighted by atomic mass is 16.2. The zero-order valence-corrected chi connectivity index (χ0v) is 12.2. The summed E-state index contributed by atoms with van der Waals surface area (Å²) in [6.07, 6.45) is 2.18. The van der Waals surface area contributed by atoms with E-state index in [1.54, 1.807) is 12.1 Å². The van der Waals surface area contributed by atoms with Gasteiger partial charge in [-0.1, -0.05) is 0 Å². The van der Waals surface area contributed by atoms with Gasteiger partial charge in [-0.05, 0) is 44.0 Å². The van der Waals surface area contributed by atoms with Gasteiger partial charge in [-0.3, -0.25) is 9.36 Å². The van der Waals surface area contributed by atoms with Gasteiger partial charge in [-0.25, -0.2) is 0 Å². The first-order valence-corrected chi connectivity index (χ1v) is 7.44. The van der Waals surface area contributed by atoms with E-state index in [0.717, 1.165) is 24.2 Å². The van der Waals surface area contributed by atoms with Crippen molar-refractivity contribution in [1.29, 1.82) is 5.26 Å². The summed E-state index contributed by atoms with van der Waals surface area (Å²) >= 11 is 0. The average molecular weight is 293 g/mol. The van der Waals surface area contributed by atoms with Crippen LogP contribution in [0.15, 0.2) is 24.3 Å². The van der Waals surface area contributed by atoms with Gasteiger partial charge in [0.2, 0.25) is 5.91 Å². The highest BCUT2D eigenvalue weighted by Gasteiger charge is 2.40. The molecule has 0 bridgehead atoms. The molecule has 110 valence electrons. The van der Waals surface area contributed by atoms with Crippen LogP contribution in [-0.2, 0) is 11.3 Å². The molecule has 1 amide bonds. The zero-order valence-electron chi connectivity index (χ0n) is 12.2. The minimum atomic E-state index is -0.287. The maximum Gasteiger partial charge on any atom is 0.246 e. The highest BCUT2D eigenvalue weighted by Crippen LogP contribution is 2.35. The first kappa shape index (κ1) is 13.0. The van der Waals surface area contributed by atoms with Crippen LogP contribution >= 0.6 is 0 Å². The summed E-state index contributed by atoms with van der Waals surface area (Å²) < 4.78 is 1.92.